The molecule has 0 saturated heterocycles. The van der Waals surface area contributed by atoms with Gasteiger partial charge in [0.2, 0.25) is 5.06 Å². The van der Waals surface area contributed by atoms with E-state index in [9.17, 15) is 4.79 Å². The first kappa shape index (κ1) is 12.8. The lowest BCUT2D eigenvalue weighted by Crippen LogP contribution is -2.33. The van der Waals surface area contributed by atoms with E-state index in [1.54, 1.807) is 0 Å². The summed E-state index contributed by atoms with van der Waals surface area (Å²) in [5, 5.41) is -1.60. The third kappa shape index (κ3) is 3.59. The molecule has 74 valence electrons. The van der Waals surface area contributed by atoms with Gasteiger partial charge in [0.05, 0.1) is 0 Å². The number of halogens is 3. The summed E-state index contributed by atoms with van der Waals surface area (Å²) in [6, 6.07) is 0. The molecule has 0 heterocycles. The highest BCUT2D eigenvalue weighted by atomic mass is 35.5. The Morgan fingerprint density at radius 2 is 2.08 bits per heavy atom. The number of carbonyl (C=O) groups excluding carboxylic acids is 1. The summed E-state index contributed by atoms with van der Waals surface area (Å²) in [6.45, 7) is 8.22. The summed E-state index contributed by atoms with van der Waals surface area (Å²) in [6.07, 6.45) is 1.15. The first-order valence-corrected chi connectivity index (χ1v) is 4.58. The molecule has 0 aliphatic heterocycles. The maximum atomic E-state index is 11.1. The minimum absolute atomic E-state index is 0.209. The summed E-state index contributed by atoms with van der Waals surface area (Å²) in [7, 11) is 0. The van der Waals surface area contributed by atoms with E-state index in [-0.39, 0.29) is 5.57 Å². The Labute approximate surface area is 92.1 Å². The molecule has 1 atom stereocenters. The fourth-order valence-corrected chi connectivity index (χ4v) is 0.742. The Morgan fingerprint density at radius 1 is 1.62 bits per heavy atom. The summed E-state index contributed by atoms with van der Waals surface area (Å²) >= 11 is 16.7. The molecule has 2 nitrogen and oxygen atoms in total. The van der Waals surface area contributed by atoms with Crippen molar-refractivity contribution in [1.29, 1.82) is 0 Å². The third-order valence-corrected chi connectivity index (χ3v) is 2.49. The van der Waals surface area contributed by atoms with E-state index in [0.717, 1.165) is 6.08 Å². The van der Waals surface area contributed by atoms with Gasteiger partial charge in [0.15, 0.2) is 4.84 Å². The van der Waals surface area contributed by atoms with Gasteiger partial charge in [-0.05, 0) is 13.0 Å². The second-order valence-corrected chi connectivity index (χ2v) is 4.06. The third-order valence-electron chi connectivity index (χ3n) is 1.17. The number of hydrogen-bond acceptors (Lipinski definition) is 2. The predicted octanol–water partition coefficient (Wildman–Crippen LogP) is 3.03. The zero-order valence-corrected chi connectivity index (χ0v) is 9.29. The molecule has 0 N–H and O–H groups in total. The zero-order chi connectivity index (χ0) is 10.6. The molecule has 0 radical (unpaired) electrons. The van der Waals surface area contributed by atoms with E-state index >= 15 is 0 Å². The fourth-order valence-electron chi connectivity index (χ4n) is 0.404. The van der Waals surface area contributed by atoms with Gasteiger partial charge in [0.1, 0.15) is 0 Å². The van der Waals surface area contributed by atoms with Crippen molar-refractivity contribution in [2.24, 2.45) is 0 Å². The minimum Gasteiger partial charge on any atom is -0.433 e. The highest BCUT2D eigenvalue weighted by Crippen LogP contribution is 2.30. The van der Waals surface area contributed by atoms with Crippen molar-refractivity contribution in [2.45, 2.75) is 16.8 Å². The monoisotopic (exact) mass is 242 g/mol. The summed E-state index contributed by atoms with van der Waals surface area (Å²) in [5.74, 6) is -0.666. The fraction of sp³-hybridized carbons (Fsp3) is 0.375. The van der Waals surface area contributed by atoms with Crippen LogP contribution in [0, 0.1) is 0 Å². The Balaban J connectivity index is 4.54. The molecule has 0 aromatic heterocycles. The molecule has 0 aliphatic carbocycles. The quantitative estimate of drug-likeness (QED) is 0.328. The molecule has 0 spiro atoms. The van der Waals surface area contributed by atoms with Crippen LogP contribution in [0.1, 0.15) is 6.92 Å². The lowest BCUT2D eigenvalue weighted by molar-refractivity contribution is -0.143. The van der Waals surface area contributed by atoms with Crippen LogP contribution in [-0.2, 0) is 9.53 Å². The number of esters is 1. The van der Waals surface area contributed by atoms with Crippen LogP contribution in [0.2, 0.25) is 0 Å². The summed E-state index contributed by atoms with van der Waals surface area (Å²) < 4.78 is 4.76. The molecule has 5 heteroatoms. The number of hydrogen-bond donors (Lipinski definition) is 0. The van der Waals surface area contributed by atoms with E-state index in [2.05, 4.69) is 13.2 Å². The second-order valence-electron chi connectivity index (χ2n) is 2.37. The first-order valence-electron chi connectivity index (χ1n) is 3.33. The van der Waals surface area contributed by atoms with Gasteiger partial charge in [-0.25, -0.2) is 4.79 Å². The van der Waals surface area contributed by atoms with Crippen molar-refractivity contribution in [2.75, 3.05) is 0 Å². The van der Waals surface area contributed by atoms with Crippen molar-refractivity contribution in [1.82, 2.24) is 0 Å². The largest absolute Gasteiger partial charge is 0.433 e. The molecular formula is C8H9Cl3O2. The van der Waals surface area contributed by atoms with Gasteiger partial charge in [-0.1, -0.05) is 48.0 Å². The van der Waals surface area contributed by atoms with Gasteiger partial charge < -0.3 is 4.74 Å². The van der Waals surface area contributed by atoms with Crippen molar-refractivity contribution >= 4 is 40.8 Å². The van der Waals surface area contributed by atoms with E-state index in [1.807, 2.05) is 0 Å². The van der Waals surface area contributed by atoms with Crippen LogP contribution in [0.25, 0.3) is 0 Å². The molecule has 1 unspecified atom stereocenters. The van der Waals surface area contributed by atoms with Crippen LogP contribution in [0.4, 0.5) is 0 Å². The Kier molecular flexibility index (Phi) is 4.82. The molecular weight excluding hydrogens is 234 g/mol. The van der Waals surface area contributed by atoms with Gasteiger partial charge in [-0.3, -0.25) is 0 Å². The Bertz CT molecular complexity index is 238. The van der Waals surface area contributed by atoms with Crippen LogP contribution in [0.3, 0.4) is 0 Å². The highest BCUT2D eigenvalue weighted by Gasteiger charge is 2.35. The average Bonchev–Trinajstić information content (AvgIpc) is 2.03. The number of ether oxygens (including phenoxy) is 1. The smallest absolute Gasteiger partial charge is 0.335 e. The number of alkyl halides is 3. The normalized spacial score (nSPS) is 14.8. The molecule has 13 heavy (non-hydrogen) atoms. The van der Waals surface area contributed by atoms with Gasteiger partial charge in [0, 0.05) is 5.57 Å². The first-order chi connectivity index (χ1) is 5.83. The van der Waals surface area contributed by atoms with E-state index in [0.29, 0.717) is 0 Å². The second kappa shape index (κ2) is 4.89. The molecule has 0 aromatic rings. The Morgan fingerprint density at radius 3 is 2.31 bits per heavy atom. The summed E-state index contributed by atoms with van der Waals surface area (Å²) in [5.41, 5.74) is 0.209. The number of carbonyl (C=O) groups is 1. The van der Waals surface area contributed by atoms with Crippen LogP contribution in [0.5, 0.6) is 0 Å². The van der Waals surface area contributed by atoms with E-state index in [4.69, 9.17) is 39.5 Å². The van der Waals surface area contributed by atoms with Gasteiger partial charge >= 0.3 is 5.97 Å². The molecule has 0 aliphatic rings. The lowest BCUT2D eigenvalue weighted by Gasteiger charge is -2.24. The van der Waals surface area contributed by atoms with E-state index in [1.165, 1.54) is 6.92 Å². The van der Waals surface area contributed by atoms with Crippen LogP contribution >= 0.6 is 34.8 Å². The molecule has 0 rings (SSSR count). The predicted molar refractivity (Wildman–Crippen MR) is 55.2 cm³/mol. The maximum Gasteiger partial charge on any atom is 0.335 e. The molecule has 0 fully saturated rings. The number of rotatable bonds is 4. The van der Waals surface area contributed by atoms with Crippen molar-refractivity contribution in [3.05, 3.63) is 24.8 Å². The maximum absolute atomic E-state index is 11.1. The van der Waals surface area contributed by atoms with Gasteiger partial charge in [0.25, 0.3) is 0 Å². The summed E-state index contributed by atoms with van der Waals surface area (Å²) in [4.78, 5) is 9.96. The van der Waals surface area contributed by atoms with Crippen molar-refractivity contribution < 1.29 is 9.53 Å². The van der Waals surface area contributed by atoms with Crippen LogP contribution < -0.4 is 0 Å². The van der Waals surface area contributed by atoms with Crippen LogP contribution in [0.15, 0.2) is 24.8 Å². The van der Waals surface area contributed by atoms with Crippen molar-refractivity contribution in [3.8, 4) is 0 Å². The van der Waals surface area contributed by atoms with E-state index < -0.39 is 15.9 Å². The topological polar surface area (TPSA) is 26.3 Å². The Hall–Kier alpha value is -0.180. The van der Waals surface area contributed by atoms with Gasteiger partial charge in [-0.15, -0.1) is 0 Å². The zero-order valence-electron chi connectivity index (χ0n) is 7.02. The van der Waals surface area contributed by atoms with Crippen LogP contribution in [-0.4, -0.2) is 15.9 Å². The lowest BCUT2D eigenvalue weighted by atomic mass is 10.3. The molecule has 0 amide bonds. The van der Waals surface area contributed by atoms with Crippen molar-refractivity contribution in [3.63, 3.8) is 0 Å². The highest BCUT2D eigenvalue weighted by molar-refractivity contribution is 6.49. The standard InChI is InChI=1S/C8H9Cl3O2/c1-4-8(11,7(9)10)13-6(12)5(2)3/h4,7H,1-2H2,3H3. The molecule has 0 bridgehead atoms. The molecule has 0 saturated carbocycles. The molecule has 0 aromatic carbocycles. The SMILES string of the molecule is C=CC(Cl)(OC(=O)C(=C)C)C(Cl)Cl. The average molecular weight is 244 g/mol. The van der Waals surface area contributed by atoms with Gasteiger partial charge in [-0.2, -0.15) is 0 Å². The minimum atomic E-state index is -1.60.